The fraction of sp³-hybridized carbons (Fsp3) is 0.281. The molecule has 0 aliphatic heterocycles. The van der Waals surface area contributed by atoms with Crippen LogP contribution in [0.25, 0.3) is 33.4 Å². The average Bonchev–Trinajstić information content (AvgIpc) is 3.78. The molecule has 2 aliphatic rings. The van der Waals surface area contributed by atoms with E-state index >= 15 is 0 Å². The van der Waals surface area contributed by atoms with Gasteiger partial charge in [0.1, 0.15) is 0 Å². The van der Waals surface area contributed by atoms with Gasteiger partial charge >= 0.3 is 374 Å². The second-order valence-electron chi connectivity index (χ2n) is 19.3. The van der Waals surface area contributed by atoms with Crippen LogP contribution in [0.4, 0.5) is 0 Å². The van der Waals surface area contributed by atoms with Crippen LogP contribution in [0.1, 0.15) is 91.5 Å². The van der Waals surface area contributed by atoms with Crippen molar-refractivity contribution in [1.29, 1.82) is 0 Å². The molecule has 0 heterocycles. The summed E-state index contributed by atoms with van der Waals surface area (Å²) in [5.74, 6) is 0.215. The van der Waals surface area contributed by atoms with Crippen LogP contribution in [0.15, 0.2) is 124 Å². The topological polar surface area (TPSA) is 0 Å². The minimum absolute atomic E-state index is 0. The van der Waals surface area contributed by atoms with E-state index in [9.17, 15) is 0 Å². The summed E-state index contributed by atoms with van der Waals surface area (Å²) in [6.07, 6.45) is 9.37. The van der Waals surface area contributed by atoms with Crippen LogP contribution in [-0.2, 0) is 24.7 Å². The van der Waals surface area contributed by atoms with E-state index in [0.29, 0.717) is 0 Å². The first kappa shape index (κ1) is 48.2. The molecule has 322 valence electrons. The van der Waals surface area contributed by atoms with Crippen LogP contribution in [-0.4, -0.2) is 4.21 Å². The molecule has 0 nitrogen and oxygen atoms in total. The van der Waals surface area contributed by atoms with Gasteiger partial charge in [0.25, 0.3) is 0 Å². The first-order valence-electron chi connectivity index (χ1n) is 21.9. The number of unbranched alkanes of at least 4 members (excludes halogenated alkanes) is 1. The molecule has 0 aromatic heterocycles. The quantitative estimate of drug-likeness (QED) is 0.135. The molecule has 0 saturated heterocycles. The van der Waals surface area contributed by atoms with E-state index in [2.05, 4.69) is 172 Å². The van der Waals surface area contributed by atoms with E-state index in [1.807, 2.05) is 12.1 Å². The van der Waals surface area contributed by atoms with E-state index in [-0.39, 0.29) is 36.1 Å². The standard InChI is InChI=1S/C31H29.C13H21.2C6H4Cl.CH2.2ClH.Zr/c1-18-11-20(3)30(21(4)12-18)24-7-9-28-26(15-24)17-27-16-25(8-10-29(27)28)31-22(5)13-19(2)14-23(31)6;1-5-6-7-11-8-9-12(10-11)13(2,3)4;2*7-6-4-2-1-3-5-6;;;;/h7-15H,17H2,1-6H3;9-11H,5-7H2,1-4H3;2*1-2,4-5H;1H2;2*1H;. The zero-order chi connectivity index (χ0) is 42.9. The Morgan fingerprint density at radius 3 is 1.68 bits per heavy atom. The molecule has 62 heavy (non-hydrogen) atoms. The van der Waals surface area contributed by atoms with Crippen LogP contribution < -0.4 is 9.81 Å². The third-order valence-electron chi connectivity index (χ3n) is 13.9. The zero-order valence-electron chi connectivity index (χ0n) is 38.2. The van der Waals surface area contributed by atoms with E-state index < -0.39 is 18.3 Å². The van der Waals surface area contributed by atoms with Gasteiger partial charge in [-0.1, -0.05) is 0 Å². The van der Waals surface area contributed by atoms with Crippen molar-refractivity contribution in [2.45, 2.75) is 94.9 Å². The van der Waals surface area contributed by atoms with Crippen molar-refractivity contribution in [1.82, 2.24) is 0 Å². The second kappa shape index (κ2) is 17.9. The van der Waals surface area contributed by atoms with Gasteiger partial charge in [-0.05, 0) is 0 Å². The van der Waals surface area contributed by atoms with Crippen LogP contribution in [0, 0.1) is 52.9 Å². The van der Waals surface area contributed by atoms with Crippen LogP contribution in [0.3, 0.4) is 0 Å². The van der Waals surface area contributed by atoms with E-state index in [1.54, 1.807) is 0 Å². The fourth-order valence-electron chi connectivity index (χ4n) is 11.4. The summed E-state index contributed by atoms with van der Waals surface area (Å²) in [6.45, 7) is 22.9. The van der Waals surface area contributed by atoms with Crippen molar-refractivity contribution >= 4 is 62.0 Å². The first-order valence-corrected chi connectivity index (χ1v) is 29.3. The summed E-state index contributed by atoms with van der Waals surface area (Å²) in [4.78, 5) is 0. The number of hydrogen-bond donors (Lipinski definition) is 0. The predicted octanol–water partition coefficient (Wildman–Crippen LogP) is 15.7. The average molecular weight is 980 g/mol. The molecule has 1 unspecified atom stereocenters. The van der Waals surface area contributed by atoms with Crippen molar-refractivity contribution in [3.8, 4) is 33.4 Å². The van der Waals surface area contributed by atoms with Gasteiger partial charge in [0, 0.05) is 0 Å². The fourth-order valence-corrected chi connectivity index (χ4v) is 29.4. The summed E-state index contributed by atoms with van der Waals surface area (Å²) in [6, 6.07) is 39.1. The second-order valence-corrected chi connectivity index (χ2v) is 32.8. The molecule has 8 rings (SSSR count). The van der Waals surface area contributed by atoms with Crippen molar-refractivity contribution in [3.63, 3.8) is 0 Å². The number of allylic oxidation sites excluding steroid dienone is 4. The maximum absolute atomic E-state index is 7.22. The maximum atomic E-state index is 7.22. The number of benzene rings is 6. The Morgan fingerprint density at radius 2 is 1.16 bits per heavy atom. The molecule has 6 aromatic rings. The van der Waals surface area contributed by atoms with Crippen molar-refractivity contribution in [2.24, 2.45) is 11.3 Å². The van der Waals surface area contributed by atoms with Gasteiger partial charge in [-0.2, -0.15) is 0 Å². The van der Waals surface area contributed by atoms with Crippen LogP contribution >= 0.6 is 48.0 Å². The zero-order valence-corrected chi connectivity index (χ0v) is 43.8. The Kier molecular flexibility index (Phi) is 13.9. The molecule has 5 heteroatoms. The number of hydrogen-bond acceptors (Lipinski definition) is 0. The summed E-state index contributed by atoms with van der Waals surface area (Å²) in [5, 5.41) is 1.47. The van der Waals surface area contributed by atoms with E-state index in [4.69, 9.17) is 27.4 Å². The molecule has 0 fully saturated rings. The van der Waals surface area contributed by atoms with Gasteiger partial charge in [0.2, 0.25) is 0 Å². The summed E-state index contributed by atoms with van der Waals surface area (Å²) in [5.41, 5.74) is 19.7. The third kappa shape index (κ3) is 7.96. The van der Waals surface area contributed by atoms with Crippen molar-refractivity contribution in [2.75, 3.05) is 0 Å². The Morgan fingerprint density at radius 1 is 0.645 bits per heavy atom. The number of rotatable bonds is 9. The van der Waals surface area contributed by atoms with Gasteiger partial charge in [-0.25, -0.2) is 0 Å². The van der Waals surface area contributed by atoms with Crippen molar-refractivity contribution < 1.29 is 18.3 Å². The molecular weight excluding hydrogens is 918 g/mol. The van der Waals surface area contributed by atoms with Crippen molar-refractivity contribution in [3.05, 3.63) is 179 Å². The number of halogens is 4. The molecule has 6 aromatic carbocycles. The third-order valence-corrected chi connectivity index (χ3v) is 30.7. The number of aryl methyl sites for hydroxylation is 6. The Bertz CT molecular complexity index is 2770. The van der Waals surface area contributed by atoms with E-state index in [1.165, 1.54) is 96.6 Å². The molecule has 0 N–H and O–H groups in total. The molecular formula is C57H62Cl4Zr. The van der Waals surface area contributed by atoms with Gasteiger partial charge in [0.05, 0.1) is 0 Å². The Labute approximate surface area is 395 Å². The monoisotopic (exact) mass is 976 g/mol. The van der Waals surface area contributed by atoms with Crippen LogP contribution in [0.2, 0.25) is 10.0 Å². The molecule has 2 aliphatic carbocycles. The van der Waals surface area contributed by atoms with E-state index in [0.717, 1.165) is 35.7 Å². The molecule has 0 amide bonds. The molecule has 0 bridgehead atoms. The van der Waals surface area contributed by atoms with Crippen LogP contribution in [0.5, 0.6) is 0 Å². The van der Waals surface area contributed by atoms with Gasteiger partial charge in [-0.3, -0.25) is 0 Å². The molecule has 0 spiro atoms. The van der Waals surface area contributed by atoms with Gasteiger partial charge < -0.3 is 0 Å². The predicted molar refractivity (Wildman–Crippen MR) is 276 cm³/mol. The summed E-state index contributed by atoms with van der Waals surface area (Å²) >= 11 is 8.90. The molecule has 1 atom stereocenters. The molecule has 0 saturated carbocycles. The summed E-state index contributed by atoms with van der Waals surface area (Å²) in [7, 11) is 0. The SMILES string of the molecule is Cl.Cl.[CH2]=[Zr]([C]1=CC(C(C)(C)C)=CC1CCCC)([c]1cccc(Cl)c1)([c]1cccc(Cl)c1)[c]1c(-c2c(C)cc(C)cc2C)ccc2c1Cc1cc(-c3c(C)cc(C)cc3C)ccc1-2. The normalized spacial score (nSPS) is 14.7. The Hall–Kier alpha value is -3.29. The van der Waals surface area contributed by atoms with Gasteiger partial charge in [-0.15, -0.1) is 24.8 Å². The number of fused-ring (bicyclic) bond motifs is 3. The molecule has 0 radical (unpaired) electrons. The first-order chi connectivity index (χ1) is 28.4. The van der Waals surface area contributed by atoms with Gasteiger partial charge in [0.15, 0.2) is 0 Å². The summed E-state index contributed by atoms with van der Waals surface area (Å²) < 4.78 is 11.5. The Balaban J connectivity index is 0.00000321. The minimum atomic E-state index is -5.54.